The summed E-state index contributed by atoms with van der Waals surface area (Å²) < 4.78 is 10.9. The summed E-state index contributed by atoms with van der Waals surface area (Å²) in [4.78, 5) is 11.6. The smallest absolute Gasteiger partial charge is 0.228 e. The molecule has 6 atom stereocenters. The number of hydrogen-bond acceptors (Lipinski definition) is 3. The highest BCUT2D eigenvalue weighted by Gasteiger charge is 2.56. The zero-order chi connectivity index (χ0) is 11.3. The van der Waals surface area contributed by atoms with Crippen LogP contribution in [0.5, 0.6) is 0 Å². The average molecular weight is 225 g/mol. The van der Waals surface area contributed by atoms with Gasteiger partial charge in [0.05, 0.1) is 24.2 Å². The van der Waals surface area contributed by atoms with Crippen LogP contribution in [0, 0.1) is 11.8 Å². The van der Waals surface area contributed by atoms with Crippen molar-refractivity contribution in [3.63, 3.8) is 0 Å². The molecule has 1 saturated carbocycles. The van der Waals surface area contributed by atoms with Crippen LogP contribution in [0.1, 0.15) is 26.2 Å². The highest BCUT2D eigenvalue weighted by atomic mass is 16.6. The van der Waals surface area contributed by atoms with Crippen molar-refractivity contribution in [1.82, 2.24) is 5.32 Å². The van der Waals surface area contributed by atoms with Gasteiger partial charge in [0.25, 0.3) is 0 Å². The van der Waals surface area contributed by atoms with Crippen molar-refractivity contribution >= 4 is 5.91 Å². The first-order chi connectivity index (χ1) is 7.72. The van der Waals surface area contributed by atoms with Gasteiger partial charge in [-0.3, -0.25) is 4.79 Å². The fourth-order valence-corrected chi connectivity index (χ4v) is 3.31. The number of epoxide rings is 1. The lowest BCUT2D eigenvalue weighted by Gasteiger charge is -2.44. The van der Waals surface area contributed by atoms with Crippen LogP contribution in [-0.2, 0) is 14.3 Å². The van der Waals surface area contributed by atoms with Gasteiger partial charge in [-0.1, -0.05) is 6.42 Å². The summed E-state index contributed by atoms with van der Waals surface area (Å²) in [7, 11) is 1.67. The molecular formula is C12H19NO3. The Hall–Kier alpha value is -0.610. The Morgan fingerprint density at radius 3 is 3.00 bits per heavy atom. The summed E-state index contributed by atoms with van der Waals surface area (Å²) in [6.45, 7) is 1.98. The zero-order valence-electron chi connectivity index (χ0n) is 9.81. The Bertz CT molecular complexity index is 307. The number of hydrogen-bond donors (Lipinski definition) is 1. The van der Waals surface area contributed by atoms with Crippen molar-refractivity contribution in [2.45, 2.75) is 50.5 Å². The minimum atomic E-state index is 0.0119. The molecule has 1 aliphatic carbocycles. The van der Waals surface area contributed by atoms with E-state index in [4.69, 9.17) is 9.47 Å². The number of fused-ring (bicyclic) bond motifs is 1. The molecule has 0 bridgehead atoms. The highest BCUT2D eigenvalue weighted by molar-refractivity contribution is 5.86. The summed E-state index contributed by atoms with van der Waals surface area (Å²) in [6, 6.07) is 0.276. The van der Waals surface area contributed by atoms with E-state index < -0.39 is 0 Å². The third-order valence-electron chi connectivity index (χ3n) is 4.41. The Labute approximate surface area is 95.7 Å². The molecule has 1 N–H and O–H groups in total. The summed E-state index contributed by atoms with van der Waals surface area (Å²) in [5.74, 6) is 0.680. The van der Waals surface area contributed by atoms with Crippen LogP contribution in [0.25, 0.3) is 0 Å². The van der Waals surface area contributed by atoms with Crippen molar-refractivity contribution in [3.8, 4) is 0 Å². The zero-order valence-corrected chi connectivity index (χ0v) is 9.81. The van der Waals surface area contributed by atoms with Crippen LogP contribution >= 0.6 is 0 Å². The third-order valence-corrected chi connectivity index (χ3v) is 4.41. The van der Waals surface area contributed by atoms with Crippen molar-refractivity contribution in [2.75, 3.05) is 7.11 Å². The lowest BCUT2D eigenvalue weighted by atomic mass is 9.72. The van der Waals surface area contributed by atoms with E-state index in [1.807, 2.05) is 6.92 Å². The first-order valence-electron chi connectivity index (χ1n) is 6.21. The normalized spacial score (nSPS) is 47.6. The molecule has 90 valence electrons. The van der Waals surface area contributed by atoms with Crippen LogP contribution in [0.4, 0.5) is 0 Å². The average Bonchev–Trinajstić information content (AvgIpc) is 3.04. The van der Waals surface area contributed by atoms with Gasteiger partial charge in [0, 0.05) is 19.1 Å². The molecule has 0 unspecified atom stereocenters. The van der Waals surface area contributed by atoms with E-state index in [1.165, 1.54) is 19.3 Å². The van der Waals surface area contributed by atoms with Gasteiger partial charge in [-0.05, 0) is 19.8 Å². The van der Waals surface area contributed by atoms with E-state index in [0.717, 1.165) is 0 Å². The van der Waals surface area contributed by atoms with Crippen LogP contribution in [0.15, 0.2) is 0 Å². The molecule has 4 heteroatoms. The van der Waals surface area contributed by atoms with E-state index >= 15 is 0 Å². The topological polar surface area (TPSA) is 50.9 Å². The third kappa shape index (κ3) is 1.47. The van der Waals surface area contributed by atoms with Crippen molar-refractivity contribution in [1.29, 1.82) is 0 Å². The fourth-order valence-electron chi connectivity index (χ4n) is 3.31. The van der Waals surface area contributed by atoms with Gasteiger partial charge in [0.2, 0.25) is 5.91 Å². The molecule has 16 heavy (non-hydrogen) atoms. The Balaban J connectivity index is 1.68. The maximum absolute atomic E-state index is 11.6. The molecule has 3 fully saturated rings. The largest absolute Gasteiger partial charge is 0.381 e. The van der Waals surface area contributed by atoms with Crippen LogP contribution in [0.3, 0.4) is 0 Å². The minimum Gasteiger partial charge on any atom is -0.381 e. The molecule has 2 aliphatic heterocycles. The fraction of sp³-hybridized carbons (Fsp3) is 0.917. The summed E-state index contributed by atoms with van der Waals surface area (Å²) in [5, 5.41) is 3.04. The second-order valence-corrected chi connectivity index (χ2v) is 5.23. The molecule has 3 aliphatic rings. The van der Waals surface area contributed by atoms with Gasteiger partial charge in [0.15, 0.2) is 0 Å². The van der Waals surface area contributed by atoms with E-state index in [2.05, 4.69) is 5.32 Å². The van der Waals surface area contributed by atoms with Crippen LogP contribution < -0.4 is 5.32 Å². The highest BCUT2D eigenvalue weighted by Crippen LogP contribution is 2.45. The standard InChI is InChI=1S/C12H19NO3/c1-6(15-2)9-10(13-12(9)14)7-4-3-5-8-11(7)16-8/h6-11H,3-5H2,1-2H3,(H,13,14)/t6-,7-,8-,9-,10-,11+/m1/s1. The molecule has 0 aromatic rings. The summed E-state index contributed by atoms with van der Waals surface area (Å²) in [6.07, 6.45) is 4.51. The Kier molecular flexibility index (Phi) is 2.44. The predicted molar refractivity (Wildman–Crippen MR) is 57.9 cm³/mol. The van der Waals surface area contributed by atoms with E-state index in [-0.39, 0.29) is 24.0 Å². The molecule has 0 spiro atoms. The number of carbonyl (C=O) groups excluding carboxylic acids is 1. The van der Waals surface area contributed by atoms with Gasteiger partial charge in [-0.15, -0.1) is 0 Å². The Morgan fingerprint density at radius 2 is 2.31 bits per heavy atom. The molecule has 3 rings (SSSR count). The van der Waals surface area contributed by atoms with E-state index in [1.54, 1.807) is 7.11 Å². The van der Waals surface area contributed by atoms with Gasteiger partial charge in [0.1, 0.15) is 0 Å². The number of nitrogens with one attached hydrogen (secondary N) is 1. The SMILES string of the molecule is CO[C@H](C)[C@H]1C(=O)N[C@@H]1[C@H]1CCC[C@H]2O[C@@H]12. The molecule has 2 saturated heterocycles. The van der Waals surface area contributed by atoms with Gasteiger partial charge in [-0.2, -0.15) is 0 Å². The second kappa shape index (κ2) is 3.70. The molecule has 1 amide bonds. The maximum Gasteiger partial charge on any atom is 0.228 e. The van der Waals surface area contributed by atoms with Crippen molar-refractivity contribution in [2.24, 2.45) is 11.8 Å². The van der Waals surface area contributed by atoms with E-state index in [9.17, 15) is 4.79 Å². The first kappa shape index (κ1) is 10.5. The van der Waals surface area contributed by atoms with Crippen LogP contribution in [0.2, 0.25) is 0 Å². The molecule has 0 radical (unpaired) electrons. The monoisotopic (exact) mass is 225 g/mol. The van der Waals surface area contributed by atoms with Gasteiger partial charge in [-0.25, -0.2) is 0 Å². The Morgan fingerprint density at radius 1 is 1.50 bits per heavy atom. The second-order valence-electron chi connectivity index (χ2n) is 5.23. The number of rotatable bonds is 3. The molecule has 4 nitrogen and oxygen atoms in total. The lowest BCUT2D eigenvalue weighted by Crippen LogP contribution is -2.66. The maximum atomic E-state index is 11.6. The molecule has 2 heterocycles. The van der Waals surface area contributed by atoms with Gasteiger partial charge < -0.3 is 14.8 Å². The molecule has 0 aromatic carbocycles. The lowest BCUT2D eigenvalue weighted by molar-refractivity contribution is -0.145. The van der Waals surface area contributed by atoms with Gasteiger partial charge >= 0.3 is 0 Å². The number of methoxy groups -OCH3 is 1. The number of carbonyl (C=O) groups is 1. The summed E-state index contributed by atoms with van der Waals surface area (Å²) in [5.41, 5.74) is 0. The van der Waals surface area contributed by atoms with Crippen molar-refractivity contribution in [3.05, 3.63) is 0 Å². The molecule has 0 aromatic heterocycles. The van der Waals surface area contributed by atoms with Crippen molar-refractivity contribution < 1.29 is 14.3 Å². The summed E-state index contributed by atoms with van der Waals surface area (Å²) >= 11 is 0. The number of ether oxygens (including phenoxy) is 2. The first-order valence-corrected chi connectivity index (χ1v) is 6.21. The number of β-lactam (4-membered cyclic amide) rings is 1. The van der Waals surface area contributed by atoms with E-state index in [0.29, 0.717) is 18.1 Å². The minimum absolute atomic E-state index is 0.0119. The van der Waals surface area contributed by atoms with Crippen LogP contribution in [-0.4, -0.2) is 37.4 Å². The number of amides is 1. The quantitative estimate of drug-likeness (QED) is 0.568. The predicted octanol–water partition coefficient (Wildman–Crippen LogP) is 0.703. The molecular weight excluding hydrogens is 206 g/mol.